The molecule has 0 fully saturated rings. The summed E-state index contributed by atoms with van der Waals surface area (Å²) >= 11 is 1.36. The van der Waals surface area contributed by atoms with Gasteiger partial charge in [-0.15, -0.1) is 10.2 Å². The molecule has 1 heterocycles. The van der Waals surface area contributed by atoms with Gasteiger partial charge in [-0.05, 0) is 55.3 Å². The number of nitrogens with one attached hydrogen (secondary N) is 1. The third kappa shape index (κ3) is 5.36. The van der Waals surface area contributed by atoms with Crippen LogP contribution in [-0.2, 0) is 11.4 Å². The highest BCUT2D eigenvalue weighted by molar-refractivity contribution is 7.99. The largest absolute Gasteiger partial charge is 0.489 e. The van der Waals surface area contributed by atoms with Crippen molar-refractivity contribution in [3.63, 3.8) is 0 Å². The predicted molar refractivity (Wildman–Crippen MR) is 127 cm³/mol. The van der Waals surface area contributed by atoms with E-state index in [9.17, 15) is 4.79 Å². The van der Waals surface area contributed by atoms with E-state index in [1.807, 2.05) is 97.3 Å². The number of carbonyl (C=O) groups is 1. The van der Waals surface area contributed by atoms with E-state index in [4.69, 9.17) is 4.74 Å². The highest BCUT2D eigenvalue weighted by Gasteiger charge is 2.14. The molecule has 0 aliphatic rings. The molecule has 0 saturated carbocycles. The zero-order chi connectivity index (χ0) is 22.3. The third-order valence-corrected chi connectivity index (χ3v) is 5.80. The van der Waals surface area contributed by atoms with E-state index in [-0.39, 0.29) is 11.7 Å². The van der Waals surface area contributed by atoms with Gasteiger partial charge in [0.2, 0.25) is 5.91 Å². The molecule has 0 bridgehead atoms. The van der Waals surface area contributed by atoms with Crippen LogP contribution in [-0.4, -0.2) is 26.4 Å². The molecule has 4 aromatic rings. The van der Waals surface area contributed by atoms with Gasteiger partial charge < -0.3 is 10.1 Å². The number of rotatable bonds is 8. The summed E-state index contributed by atoms with van der Waals surface area (Å²) in [6, 6.07) is 25.4. The maximum atomic E-state index is 12.5. The maximum absolute atomic E-state index is 12.5. The number of amides is 1. The highest BCUT2D eigenvalue weighted by Crippen LogP contribution is 2.24. The molecule has 0 aliphatic heterocycles. The Labute approximate surface area is 191 Å². The molecule has 7 heteroatoms. The minimum Gasteiger partial charge on any atom is -0.489 e. The van der Waals surface area contributed by atoms with Crippen LogP contribution in [0, 0.1) is 13.8 Å². The lowest BCUT2D eigenvalue weighted by molar-refractivity contribution is -0.113. The van der Waals surface area contributed by atoms with Gasteiger partial charge in [-0.3, -0.25) is 9.36 Å². The minimum absolute atomic E-state index is 0.107. The van der Waals surface area contributed by atoms with Crippen LogP contribution in [0.15, 0.2) is 84.0 Å². The van der Waals surface area contributed by atoms with Crippen LogP contribution in [0.3, 0.4) is 0 Å². The Morgan fingerprint density at radius 1 is 0.938 bits per heavy atom. The van der Waals surface area contributed by atoms with Crippen LogP contribution in [0.4, 0.5) is 5.69 Å². The standard InChI is InChI=1S/C25H24N4O2S/c1-18-8-6-7-11-23(18)29-19(2)27-28-25(29)32-17-24(30)26-21-12-14-22(15-13-21)31-16-20-9-4-3-5-10-20/h3-15H,16-17H2,1-2H3,(H,26,30). The van der Waals surface area contributed by atoms with Crippen LogP contribution < -0.4 is 10.1 Å². The average molecular weight is 445 g/mol. The lowest BCUT2D eigenvalue weighted by atomic mass is 10.2. The molecule has 0 radical (unpaired) electrons. The van der Waals surface area contributed by atoms with Gasteiger partial charge in [0.1, 0.15) is 18.2 Å². The SMILES string of the molecule is Cc1ccccc1-n1c(C)nnc1SCC(=O)Nc1ccc(OCc2ccccc2)cc1. The second-order valence-electron chi connectivity index (χ2n) is 7.29. The number of nitrogens with zero attached hydrogens (tertiary/aromatic N) is 3. The Morgan fingerprint density at radius 3 is 2.41 bits per heavy atom. The molecular formula is C25H24N4O2S. The summed E-state index contributed by atoms with van der Waals surface area (Å²) in [5.41, 5.74) is 3.97. The zero-order valence-corrected chi connectivity index (χ0v) is 18.8. The van der Waals surface area contributed by atoms with E-state index < -0.39 is 0 Å². The third-order valence-electron chi connectivity index (χ3n) is 4.87. The molecular weight excluding hydrogens is 420 g/mol. The highest BCUT2D eigenvalue weighted by atomic mass is 32.2. The van der Waals surface area contributed by atoms with Gasteiger partial charge in [0.15, 0.2) is 5.16 Å². The smallest absolute Gasteiger partial charge is 0.234 e. The summed E-state index contributed by atoms with van der Waals surface area (Å²) in [7, 11) is 0. The summed E-state index contributed by atoms with van der Waals surface area (Å²) < 4.78 is 7.77. The number of carbonyl (C=O) groups excluding carboxylic acids is 1. The quantitative estimate of drug-likeness (QED) is 0.379. The van der Waals surface area contributed by atoms with Crippen molar-refractivity contribution < 1.29 is 9.53 Å². The Hall–Kier alpha value is -3.58. The molecule has 0 spiro atoms. The first-order chi connectivity index (χ1) is 15.6. The van der Waals surface area contributed by atoms with Crippen molar-refractivity contribution in [1.82, 2.24) is 14.8 Å². The van der Waals surface area contributed by atoms with E-state index >= 15 is 0 Å². The van der Waals surface area contributed by atoms with E-state index in [0.717, 1.165) is 34.1 Å². The average Bonchev–Trinajstić information content (AvgIpc) is 3.18. The minimum atomic E-state index is -0.107. The van der Waals surface area contributed by atoms with Crippen LogP contribution in [0.5, 0.6) is 5.75 Å². The fourth-order valence-corrected chi connectivity index (χ4v) is 4.02. The van der Waals surface area contributed by atoms with Gasteiger partial charge in [-0.25, -0.2) is 0 Å². The van der Waals surface area contributed by atoms with Gasteiger partial charge in [-0.2, -0.15) is 0 Å². The van der Waals surface area contributed by atoms with Crippen molar-refractivity contribution in [2.24, 2.45) is 0 Å². The van der Waals surface area contributed by atoms with Crippen molar-refractivity contribution in [3.8, 4) is 11.4 Å². The number of aryl methyl sites for hydroxylation is 2. The zero-order valence-electron chi connectivity index (χ0n) is 18.0. The second-order valence-corrected chi connectivity index (χ2v) is 8.23. The number of ether oxygens (including phenoxy) is 1. The van der Waals surface area contributed by atoms with Crippen LogP contribution in [0.25, 0.3) is 5.69 Å². The molecule has 0 atom stereocenters. The predicted octanol–water partition coefficient (Wildman–Crippen LogP) is 5.19. The molecule has 32 heavy (non-hydrogen) atoms. The molecule has 162 valence electrons. The van der Waals surface area contributed by atoms with Gasteiger partial charge in [0.25, 0.3) is 0 Å². The van der Waals surface area contributed by atoms with Crippen molar-refractivity contribution >= 4 is 23.4 Å². The first-order valence-electron chi connectivity index (χ1n) is 10.3. The number of benzene rings is 3. The Kier molecular flexibility index (Phi) is 6.87. The van der Waals surface area contributed by atoms with Crippen molar-refractivity contribution in [2.75, 3.05) is 11.1 Å². The number of anilines is 1. The second kappa shape index (κ2) is 10.2. The molecule has 1 amide bonds. The van der Waals surface area contributed by atoms with E-state index in [0.29, 0.717) is 11.8 Å². The van der Waals surface area contributed by atoms with Gasteiger partial charge in [0.05, 0.1) is 11.4 Å². The summed E-state index contributed by atoms with van der Waals surface area (Å²) in [4.78, 5) is 12.5. The van der Waals surface area contributed by atoms with E-state index in [2.05, 4.69) is 15.5 Å². The molecule has 4 rings (SSSR count). The van der Waals surface area contributed by atoms with Crippen molar-refractivity contribution in [2.45, 2.75) is 25.6 Å². The number of para-hydroxylation sites is 1. The van der Waals surface area contributed by atoms with Crippen molar-refractivity contribution in [3.05, 3.63) is 95.8 Å². The Balaban J connectivity index is 1.33. The fraction of sp³-hybridized carbons (Fsp3) is 0.160. The topological polar surface area (TPSA) is 69.0 Å². The number of hydrogen-bond acceptors (Lipinski definition) is 5. The molecule has 3 aromatic carbocycles. The Morgan fingerprint density at radius 2 is 1.66 bits per heavy atom. The monoisotopic (exact) mass is 444 g/mol. The summed E-state index contributed by atoms with van der Waals surface area (Å²) in [6.07, 6.45) is 0. The molecule has 0 aliphatic carbocycles. The number of aromatic nitrogens is 3. The van der Waals surface area contributed by atoms with Gasteiger partial charge in [-0.1, -0.05) is 60.3 Å². The number of thioether (sulfide) groups is 1. The maximum Gasteiger partial charge on any atom is 0.234 e. The van der Waals surface area contributed by atoms with Crippen LogP contribution in [0.2, 0.25) is 0 Å². The van der Waals surface area contributed by atoms with Gasteiger partial charge in [0, 0.05) is 5.69 Å². The Bertz CT molecular complexity index is 1190. The normalized spacial score (nSPS) is 10.7. The molecule has 0 unspecified atom stereocenters. The summed E-state index contributed by atoms with van der Waals surface area (Å²) in [5, 5.41) is 12.0. The summed E-state index contributed by atoms with van der Waals surface area (Å²) in [5.74, 6) is 1.66. The van der Waals surface area contributed by atoms with Gasteiger partial charge >= 0.3 is 0 Å². The van der Waals surface area contributed by atoms with E-state index in [1.165, 1.54) is 11.8 Å². The molecule has 1 aromatic heterocycles. The van der Waals surface area contributed by atoms with Crippen LogP contribution >= 0.6 is 11.8 Å². The van der Waals surface area contributed by atoms with E-state index in [1.54, 1.807) is 0 Å². The summed E-state index contributed by atoms with van der Waals surface area (Å²) in [6.45, 7) is 4.46. The van der Waals surface area contributed by atoms with Crippen LogP contribution in [0.1, 0.15) is 17.0 Å². The number of hydrogen-bond donors (Lipinski definition) is 1. The molecule has 0 saturated heterocycles. The first-order valence-corrected chi connectivity index (χ1v) is 11.3. The lowest BCUT2D eigenvalue weighted by Gasteiger charge is -2.11. The lowest BCUT2D eigenvalue weighted by Crippen LogP contribution is -2.14. The first kappa shape index (κ1) is 21.6. The molecule has 1 N–H and O–H groups in total. The molecule has 6 nitrogen and oxygen atoms in total. The van der Waals surface area contributed by atoms with Crippen molar-refractivity contribution in [1.29, 1.82) is 0 Å². The fourth-order valence-electron chi connectivity index (χ4n) is 3.23.